The molecular weight excluding hydrogens is 295 g/mol. The van der Waals surface area contributed by atoms with Crippen molar-refractivity contribution in [1.82, 2.24) is 9.97 Å². The molecule has 0 spiro atoms. The second-order valence-corrected chi connectivity index (χ2v) is 5.26. The fourth-order valence-corrected chi connectivity index (χ4v) is 2.68. The molecule has 2 aromatic rings. The minimum atomic E-state index is -0.198. The maximum Gasteiger partial charge on any atom is 0.160 e. The van der Waals surface area contributed by atoms with Gasteiger partial charge in [-0.1, -0.05) is 60.0 Å². The predicted molar refractivity (Wildman–Crippen MR) is 82.3 cm³/mol. The SMILES string of the molecule is CCC(OC)c1nc(Cl)c(-c2cccc(C)c2)c(Cl)n1. The van der Waals surface area contributed by atoms with Crippen LogP contribution >= 0.6 is 23.2 Å². The Morgan fingerprint density at radius 3 is 2.35 bits per heavy atom. The second-order valence-electron chi connectivity index (χ2n) is 4.54. The van der Waals surface area contributed by atoms with E-state index in [1.165, 1.54) is 0 Å². The molecule has 106 valence electrons. The van der Waals surface area contributed by atoms with E-state index in [0.29, 0.717) is 21.7 Å². The summed E-state index contributed by atoms with van der Waals surface area (Å²) in [5.74, 6) is 0.515. The van der Waals surface area contributed by atoms with Crippen molar-refractivity contribution < 1.29 is 4.74 Å². The van der Waals surface area contributed by atoms with Crippen molar-refractivity contribution in [2.24, 2.45) is 0 Å². The molecule has 0 amide bonds. The summed E-state index contributed by atoms with van der Waals surface area (Å²) in [7, 11) is 1.62. The van der Waals surface area contributed by atoms with Crippen molar-refractivity contribution >= 4 is 23.2 Å². The van der Waals surface area contributed by atoms with E-state index >= 15 is 0 Å². The topological polar surface area (TPSA) is 35.0 Å². The van der Waals surface area contributed by atoms with Gasteiger partial charge >= 0.3 is 0 Å². The van der Waals surface area contributed by atoms with Crippen LogP contribution in [0.3, 0.4) is 0 Å². The molecule has 5 heteroatoms. The van der Waals surface area contributed by atoms with Crippen molar-refractivity contribution in [3.8, 4) is 11.1 Å². The average molecular weight is 311 g/mol. The second kappa shape index (κ2) is 6.53. The summed E-state index contributed by atoms with van der Waals surface area (Å²) in [5.41, 5.74) is 2.70. The molecule has 2 rings (SSSR count). The third-order valence-electron chi connectivity index (χ3n) is 3.09. The van der Waals surface area contributed by atoms with Gasteiger partial charge in [-0.2, -0.15) is 0 Å². The highest BCUT2D eigenvalue weighted by atomic mass is 35.5. The van der Waals surface area contributed by atoms with Gasteiger partial charge in [-0.05, 0) is 18.9 Å². The van der Waals surface area contributed by atoms with Crippen LogP contribution in [-0.2, 0) is 4.74 Å². The number of hydrogen-bond acceptors (Lipinski definition) is 3. The number of ether oxygens (including phenoxy) is 1. The number of benzene rings is 1. The minimum Gasteiger partial charge on any atom is -0.373 e. The molecule has 1 heterocycles. The molecule has 1 atom stereocenters. The number of aromatic nitrogens is 2. The van der Waals surface area contributed by atoms with E-state index in [0.717, 1.165) is 17.5 Å². The maximum absolute atomic E-state index is 6.29. The number of rotatable bonds is 4. The summed E-state index contributed by atoms with van der Waals surface area (Å²) in [6.07, 6.45) is 0.559. The highest BCUT2D eigenvalue weighted by Crippen LogP contribution is 2.34. The molecule has 1 aromatic carbocycles. The van der Waals surface area contributed by atoms with Gasteiger partial charge < -0.3 is 4.74 Å². The van der Waals surface area contributed by atoms with E-state index in [1.54, 1.807) is 7.11 Å². The fraction of sp³-hybridized carbons (Fsp3) is 0.333. The molecule has 0 saturated carbocycles. The van der Waals surface area contributed by atoms with Crippen LogP contribution in [0, 0.1) is 6.92 Å². The van der Waals surface area contributed by atoms with Crippen molar-refractivity contribution in [2.45, 2.75) is 26.4 Å². The molecule has 0 saturated heterocycles. The molecule has 1 unspecified atom stereocenters. The first-order valence-corrected chi connectivity index (χ1v) is 7.15. The Labute approximate surface area is 128 Å². The number of methoxy groups -OCH3 is 1. The van der Waals surface area contributed by atoms with Gasteiger partial charge in [-0.15, -0.1) is 0 Å². The zero-order chi connectivity index (χ0) is 14.7. The lowest BCUT2D eigenvalue weighted by Gasteiger charge is -2.14. The Morgan fingerprint density at radius 1 is 1.20 bits per heavy atom. The van der Waals surface area contributed by atoms with Gasteiger partial charge in [0.15, 0.2) is 5.82 Å². The largest absolute Gasteiger partial charge is 0.373 e. The van der Waals surface area contributed by atoms with Crippen LogP contribution in [0.15, 0.2) is 24.3 Å². The van der Waals surface area contributed by atoms with Crippen LogP contribution in [0.1, 0.15) is 30.8 Å². The van der Waals surface area contributed by atoms with Gasteiger partial charge in [0, 0.05) is 7.11 Å². The predicted octanol–water partition coefficient (Wildman–Crippen LogP) is 4.86. The lowest BCUT2D eigenvalue weighted by molar-refractivity contribution is 0.0926. The minimum absolute atomic E-state index is 0.198. The first kappa shape index (κ1) is 15.2. The zero-order valence-electron chi connectivity index (χ0n) is 11.7. The van der Waals surface area contributed by atoms with E-state index in [1.807, 2.05) is 38.1 Å². The molecule has 0 radical (unpaired) electrons. The summed E-state index contributed by atoms with van der Waals surface area (Å²) in [6, 6.07) is 7.91. The number of halogens is 2. The van der Waals surface area contributed by atoms with E-state index < -0.39 is 0 Å². The van der Waals surface area contributed by atoms with Crippen molar-refractivity contribution in [3.63, 3.8) is 0 Å². The zero-order valence-corrected chi connectivity index (χ0v) is 13.2. The summed E-state index contributed by atoms with van der Waals surface area (Å²) in [4.78, 5) is 8.65. The van der Waals surface area contributed by atoms with Gasteiger partial charge in [-0.25, -0.2) is 9.97 Å². The molecule has 0 N–H and O–H groups in total. The quantitative estimate of drug-likeness (QED) is 0.757. The third kappa shape index (κ3) is 3.11. The Bertz CT molecular complexity index is 590. The van der Waals surface area contributed by atoms with Crippen LogP contribution in [0.2, 0.25) is 10.3 Å². The monoisotopic (exact) mass is 310 g/mol. The highest BCUT2D eigenvalue weighted by Gasteiger charge is 2.18. The maximum atomic E-state index is 6.29. The van der Waals surface area contributed by atoms with Crippen LogP contribution in [0.5, 0.6) is 0 Å². The normalized spacial score (nSPS) is 12.4. The Balaban J connectivity index is 2.51. The van der Waals surface area contributed by atoms with E-state index in [4.69, 9.17) is 27.9 Å². The van der Waals surface area contributed by atoms with E-state index in [-0.39, 0.29) is 6.10 Å². The summed E-state index contributed by atoms with van der Waals surface area (Å²) >= 11 is 12.6. The molecule has 0 aliphatic rings. The van der Waals surface area contributed by atoms with Crippen molar-refractivity contribution in [3.05, 3.63) is 46.0 Å². The third-order valence-corrected chi connectivity index (χ3v) is 3.64. The molecule has 20 heavy (non-hydrogen) atoms. The molecule has 0 aliphatic carbocycles. The molecule has 0 aliphatic heterocycles. The van der Waals surface area contributed by atoms with Gasteiger partial charge in [0.25, 0.3) is 0 Å². The molecular formula is C15H16Cl2N2O. The first-order chi connectivity index (χ1) is 9.56. The lowest BCUT2D eigenvalue weighted by Crippen LogP contribution is -2.07. The Kier molecular flexibility index (Phi) is 4.97. The molecule has 0 bridgehead atoms. The number of nitrogens with zero attached hydrogens (tertiary/aromatic N) is 2. The molecule has 1 aromatic heterocycles. The van der Waals surface area contributed by atoms with Gasteiger partial charge in [0.1, 0.15) is 16.4 Å². The summed E-state index contributed by atoms with van der Waals surface area (Å²) in [5, 5.41) is 0.696. The smallest absolute Gasteiger partial charge is 0.160 e. The van der Waals surface area contributed by atoms with Gasteiger partial charge in [-0.3, -0.25) is 0 Å². The van der Waals surface area contributed by atoms with Crippen LogP contribution in [0.4, 0.5) is 0 Å². The lowest BCUT2D eigenvalue weighted by atomic mass is 10.1. The first-order valence-electron chi connectivity index (χ1n) is 6.39. The van der Waals surface area contributed by atoms with Crippen LogP contribution < -0.4 is 0 Å². The fourth-order valence-electron chi connectivity index (χ4n) is 2.06. The molecule has 0 fully saturated rings. The number of hydrogen-bond donors (Lipinski definition) is 0. The van der Waals surface area contributed by atoms with Gasteiger partial charge in [0.05, 0.1) is 5.56 Å². The summed E-state index contributed by atoms with van der Waals surface area (Å²) < 4.78 is 5.32. The van der Waals surface area contributed by atoms with Crippen LogP contribution in [-0.4, -0.2) is 17.1 Å². The Hall–Kier alpha value is -1.16. The van der Waals surface area contributed by atoms with Crippen molar-refractivity contribution in [2.75, 3.05) is 7.11 Å². The van der Waals surface area contributed by atoms with Crippen molar-refractivity contribution in [1.29, 1.82) is 0 Å². The van der Waals surface area contributed by atoms with E-state index in [2.05, 4.69) is 9.97 Å². The number of aryl methyl sites for hydroxylation is 1. The highest BCUT2D eigenvalue weighted by molar-refractivity contribution is 6.37. The van der Waals surface area contributed by atoms with E-state index in [9.17, 15) is 0 Å². The van der Waals surface area contributed by atoms with Crippen LogP contribution in [0.25, 0.3) is 11.1 Å². The molecule has 3 nitrogen and oxygen atoms in total. The Morgan fingerprint density at radius 2 is 1.85 bits per heavy atom. The summed E-state index contributed by atoms with van der Waals surface area (Å²) in [6.45, 7) is 4.01. The standard InChI is InChI=1S/C15H16Cl2N2O/c1-4-11(20-3)15-18-13(16)12(14(17)19-15)10-7-5-6-9(2)8-10/h5-8,11H,4H2,1-3H3. The average Bonchev–Trinajstić information content (AvgIpc) is 2.39. The van der Waals surface area contributed by atoms with Gasteiger partial charge in [0.2, 0.25) is 0 Å².